The number of benzene rings is 1. The number of imidazole rings is 1. The van der Waals surface area contributed by atoms with Crippen molar-refractivity contribution >= 4 is 22.6 Å². The Kier molecular flexibility index (Phi) is 1.45. The molecule has 1 amide bonds. The fraction of sp³-hybridized carbons (Fsp3) is 0. The number of rotatable bonds is 1. The van der Waals surface area contributed by atoms with Crippen LogP contribution < -0.4 is 11.5 Å². The number of aromatic amines is 1. The first-order chi connectivity index (χ1) is 6.20. The predicted octanol–water partition coefficient (Wildman–Crippen LogP) is 0.244. The molecule has 0 atom stereocenters. The highest BCUT2D eigenvalue weighted by molar-refractivity contribution is 6.04. The molecule has 5 heteroatoms. The van der Waals surface area contributed by atoms with E-state index in [1.807, 2.05) is 0 Å². The SMILES string of the molecule is NC(=O)c1ccc2[nH]cnc2c1N. The first-order valence-electron chi connectivity index (χ1n) is 3.71. The van der Waals surface area contributed by atoms with Crippen molar-refractivity contribution in [3.05, 3.63) is 24.0 Å². The summed E-state index contributed by atoms with van der Waals surface area (Å²) in [5.74, 6) is -0.539. The predicted molar refractivity (Wildman–Crippen MR) is 49.0 cm³/mol. The van der Waals surface area contributed by atoms with Gasteiger partial charge in [0, 0.05) is 0 Å². The van der Waals surface area contributed by atoms with Crippen LogP contribution in [0.4, 0.5) is 5.69 Å². The average molecular weight is 176 g/mol. The Morgan fingerprint density at radius 2 is 2.23 bits per heavy atom. The summed E-state index contributed by atoms with van der Waals surface area (Å²) in [6.07, 6.45) is 1.52. The summed E-state index contributed by atoms with van der Waals surface area (Å²) in [5, 5.41) is 0. The number of primary amides is 1. The van der Waals surface area contributed by atoms with Gasteiger partial charge in [0.25, 0.3) is 5.91 Å². The molecule has 0 bridgehead atoms. The van der Waals surface area contributed by atoms with E-state index in [0.717, 1.165) is 5.52 Å². The molecule has 0 saturated heterocycles. The van der Waals surface area contributed by atoms with Crippen molar-refractivity contribution in [2.45, 2.75) is 0 Å². The van der Waals surface area contributed by atoms with Crippen LogP contribution in [0.15, 0.2) is 18.5 Å². The molecule has 0 fully saturated rings. The number of hydrogen-bond donors (Lipinski definition) is 3. The number of fused-ring (bicyclic) bond motifs is 1. The van der Waals surface area contributed by atoms with E-state index in [0.29, 0.717) is 16.8 Å². The van der Waals surface area contributed by atoms with Crippen molar-refractivity contribution in [2.24, 2.45) is 5.73 Å². The highest BCUT2D eigenvalue weighted by atomic mass is 16.1. The summed E-state index contributed by atoms with van der Waals surface area (Å²) in [7, 11) is 0. The van der Waals surface area contributed by atoms with E-state index in [4.69, 9.17) is 11.5 Å². The number of anilines is 1. The van der Waals surface area contributed by atoms with Crippen molar-refractivity contribution < 1.29 is 4.79 Å². The summed E-state index contributed by atoms with van der Waals surface area (Å²) in [5.41, 5.74) is 12.8. The largest absolute Gasteiger partial charge is 0.396 e. The van der Waals surface area contributed by atoms with E-state index in [-0.39, 0.29) is 0 Å². The second-order valence-corrected chi connectivity index (χ2v) is 2.69. The number of nitrogens with zero attached hydrogens (tertiary/aromatic N) is 1. The van der Waals surface area contributed by atoms with Crippen molar-refractivity contribution in [1.82, 2.24) is 9.97 Å². The molecule has 1 aromatic carbocycles. The third kappa shape index (κ3) is 1.01. The Labute approximate surface area is 73.7 Å². The molecule has 13 heavy (non-hydrogen) atoms. The second-order valence-electron chi connectivity index (χ2n) is 2.69. The molecule has 0 unspecified atom stereocenters. The fourth-order valence-corrected chi connectivity index (χ4v) is 1.24. The number of carbonyl (C=O) groups excluding carboxylic acids is 1. The van der Waals surface area contributed by atoms with Crippen LogP contribution in [0.25, 0.3) is 11.0 Å². The van der Waals surface area contributed by atoms with Gasteiger partial charge in [-0.05, 0) is 12.1 Å². The van der Waals surface area contributed by atoms with Crippen LogP contribution in [0.1, 0.15) is 10.4 Å². The van der Waals surface area contributed by atoms with Crippen LogP contribution in [-0.4, -0.2) is 15.9 Å². The van der Waals surface area contributed by atoms with Crippen molar-refractivity contribution in [3.63, 3.8) is 0 Å². The highest BCUT2D eigenvalue weighted by Gasteiger charge is 2.09. The third-order valence-electron chi connectivity index (χ3n) is 1.90. The average Bonchev–Trinajstić information content (AvgIpc) is 2.52. The topological polar surface area (TPSA) is 97.8 Å². The Morgan fingerprint density at radius 3 is 2.92 bits per heavy atom. The maximum atomic E-state index is 10.9. The number of nitrogens with one attached hydrogen (secondary N) is 1. The zero-order valence-electron chi connectivity index (χ0n) is 6.74. The number of aromatic nitrogens is 2. The highest BCUT2D eigenvalue weighted by Crippen LogP contribution is 2.20. The number of nitrogen functional groups attached to an aromatic ring is 1. The third-order valence-corrected chi connectivity index (χ3v) is 1.90. The lowest BCUT2D eigenvalue weighted by atomic mass is 10.1. The van der Waals surface area contributed by atoms with Gasteiger partial charge in [-0.15, -0.1) is 0 Å². The lowest BCUT2D eigenvalue weighted by Gasteiger charge is -2.00. The normalized spacial score (nSPS) is 10.5. The lowest BCUT2D eigenvalue weighted by Crippen LogP contribution is -2.13. The maximum absolute atomic E-state index is 10.9. The Hall–Kier alpha value is -2.04. The first-order valence-corrected chi connectivity index (χ1v) is 3.71. The van der Waals surface area contributed by atoms with Gasteiger partial charge in [-0.2, -0.15) is 0 Å². The van der Waals surface area contributed by atoms with E-state index in [2.05, 4.69) is 9.97 Å². The molecule has 1 aromatic heterocycles. The van der Waals surface area contributed by atoms with Gasteiger partial charge in [0.1, 0.15) is 5.52 Å². The minimum Gasteiger partial charge on any atom is -0.396 e. The number of carbonyl (C=O) groups is 1. The first kappa shape index (κ1) is 7.60. The summed E-state index contributed by atoms with van der Waals surface area (Å²) in [4.78, 5) is 17.7. The van der Waals surface area contributed by atoms with Gasteiger partial charge in [0.05, 0.1) is 23.1 Å². The molecule has 0 aliphatic carbocycles. The van der Waals surface area contributed by atoms with Crippen molar-refractivity contribution in [3.8, 4) is 0 Å². The molecule has 2 aromatic rings. The van der Waals surface area contributed by atoms with E-state index in [9.17, 15) is 4.79 Å². The van der Waals surface area contributed by atoms with E-state index < -0.39 is 5.91 Å². The molecule has 5 N–H and O–H groups in total. The molecule has 5 nitrogen and oxygen atoms in total. The van der Waals surface area contributed by atoms with Gasteiger partial charge in [-0.25, -0.2) is 4.98 Å². The molecule has 0 radical (unpaired) electrons. The number of amides is 1. The van der Waals surface area contributed by atoms with Gasteiger partial charge in [-0.1, -0.05) is 0 Å². The van der Waals surface area contributed by atoms with Gasteiger partial charge >= 0.3 is 0 Å². The van der Waals surface area contributed by atoms with Gasteiger partial charge in [0.15, 0.2) is 0 Å². The number of hydrogen-bond acceptors (Lipinski definition) is 3. The zero-order valence-corrected chi connectivity index (χ0v) is 6.74. The molecular weight excluding hydrogens is 168 g/mol. The van der Waals surface area contributed by atoms with Crippen LogP contribution in [0, 0.1) is 0 Å². The van der Waals surface area contributed by atoms with Crippen LogP contribution >= 0.6 is 0 Å². The smallest absolute Gasteiger partial charge is 0.250 e. The Bertz CT molecular complexity index is 474. The zero-order chi connectivity index (χ0) is 9.42. The molecule has 0 spiro atoms. The van der Waals surface area contributed by atoms with Crippen LogP contribution in [0.5, 0.6) is 0 Å². The molecular formula is C8H8N4O. The van der Waals surface area contributed by atoms with E-state index in [1.54, 1.807) is 12.1 Å². The monoisotopic (exact) mass is 176 g/mol. The standard InChI is InChI=1S/C8H8N4O/c9-6-4(8(10)13)1-2-5-7(6)12-3-11-5/h1-3H,9H2,(H2,10,13)(H,11,12). The van der Waals surface area contributed by atoms with Crippen LogP contribution in [0.2, 0.25) is 0 Å². The summed E-state index contributed by atoms with van der Waals surface area (Å²) in [6.45, 7) is 0. The Morgan fingerprint density at radius 1 is 1.46 bits per heavy atom. The number of H-pyrrole nitrogens is 1. The minimum atomic E-state index is -0.539. The molecule has 66 valence electrons. The Balaban J connectivity index is 2.80. The number of nitrogens with two attached hydrogens (primary N) is 2. The summed E-state index contributed by atoms with van der Waals surface area (Å²) in [6, 6.07) is 3.30. The van der Waals surface area contributed by atoms with Crippen LogP contribution in [0.3, 0.4) is 0 Å². The molecule has 0 aliphatic heterocycles. The van der Waals surface area contributed by atoms with Gasteiger partial charge < -0.3 is 16.5 Å². The second kappa shape index (κ2) is 2.48. The molecule has 1 heterocycles. The fourth-order valence-electron chi connectivity index (χ4n) is 1.24. The quantitative estimate of drug-likeness (QED) is 0.543. The molecule has 2 rings (SSSR count). The summed E-state index contributed by atoms with van der Waals surface area (Å²) >= 11 is 0. The minimum absolute atomic E-state index is 0.305. The molecule has 0 aliphatic rings. The van der Waals surface area contributed by atoms with E-state index >= 15 is 0 Å². The van der Waals surface area contributed by atoms with Crippen LogP contribution in [-0.2, 0) is 0 Å². The summed E-state index contributed by atoms with van der Waals surface area (Å²) < 4.78 is 0. The lowest BCUT2D eigenvalue weighted by molar-refractivity contribution is 0.100. The molecule has 0 saturated carbocycles. The maximum Gasteiger partial charge on any atom is 0.250 e. The van der Waals surface area contributed by atoms with Gasteiger partial charge in [-0.3, -0.25) is 4.79 Å². The van der Waals surface area contributed by atoms with Crippen molar-refractivity contribution in [1.29, 1.82) is 0 Å². The van der Waals surface area contributed by atoms with Crippen molar-refractivity contribution in [2.75, 3.05) is 5.73 Å². The van der Waals surface area contributed by atoms with Gasteiger partial charge in [0.2, 0.25) is 0 Å². The van der Waals surface area contributed by atoms with E-state index in [1.165, 1.54) is 6.33 Å².